The van der Waals surface area contributed by atoms with Gasteiger partial charge in [-0.1, -0.05) is 12.1 Å². The molecule has 0 saturated heterocycles. The van der Waals surface area contributed by atoms with Gasteiger partial charge in [-0.15, -0.1) is 0 Å². The van der Waals surface area contributed by atoms with Gasteiger partial charge in [-0.25, -0.2) is 0 Å². The molecule has 1 amide bonds. The second-order valence-corrected chi connectivity index (χ2v) is 9.46. The van der Waals surface area contributed by atoms with Crippen molar-refractivity contribution in [2.75, 3.05) is 0 Å². The zero-order valence-electron chi connectivity index (χ0n) is 17.4. The maximum absolute atomic E-state index is 12.8. The van der Waals surface area contributed by atoms with E-state index in [0.29, 0.717) is 21.0 Å². The van der Waals surface area contributed by atoms with Crippen LogP contribution in [0, 0.1) is 40.7 Å². The quantitative estimate of drug-likeness (QED) is 0.343. The third kappa shape index (κ3) is 3.25. The molecule has 1 aromatic carbocycles. The first-order chi connectivity index (χ1) is 14.8. The Morgan fingerprint density at radius 3 is 2.32 bits per heavy atom. The van der Waals surface area contributed by atoms with Crippen molar-refractivity contribution in [2.45, 2.75) is 51.5 Å². The summed E-state index contributed by atoms with van der Waals surface area (Å²) < 4.78 is 0.889. The molecule has 4 saturated carbocycles. The number of nitrogens with one attached hydrogen (secondary N) is 1. The normalized spacial score (nSPS) is 28.6. The van der Waals surface area contributed by atoms with Crippen molar-refractivity contribution >= 4 is 28.5 Å². The van der Waals surface area contributed by atoms with Crippen LogP contribution in [0.4, 0.5) is 0 Å². The number of hydrogen-bond donors (Lipinski definition) is 1. The molecule has 0 spiro atoms. The van der Waals surface area contributed by atoms with E-state index in [0.717, 1.165) is 37.5 Å². The Kier molecular flexibility index (Phi) is 4.68. The number of amides is 1. The average molecular weight is 423 g/mol. The highest BCUT2D eigenvalue weighted by atomic mass is 16.5. The van der Waals surface area contributed by atoms with Gasteiger partial charge >= 0.3 is 5.69 Å². The lowest BCUT2D eigenvalue weighted by Crippen LogP contribution is -2.56. The van der Waals surface area contributed by atoms with Crippen molar-refractivity contribution in [1.82, 2.24) is 10.0 Å². The molecular weight excluding hydrogens is 398 g/mol. The minimum absolute atomic E-state index is 0.00463. The van der Waals surface area contributed by atoms with Gasteiger partial charge in [-0.3, -0.25) is 14.4 Å². The van der Waals surface area contributed by atoms with Crippen LogP contribution >= 0.6 is 0 Å². The van der Waals surface area contributed by atoms with E-state index < -0.39 is 29.6 Å². The molecule has 4 bridgehead atoms. The Morgan fingerprint density at radius 1 is 1.06 bits per heavy atom. The molecule has 1 aromatic heterocycles. The summed E-state index contributed by atoms with van der Waals surface area (Å²) in [5.41, 5.74) is -0.313. The molecule has 0 radical (unpaired) electrons. The molecule has 0 aliphatic heterocycles. The molecule has 8 nitrogen and oxygen atoms in total. The van der Waals surface area contributed by atoms with Gasteiger partial charge in [0.2, 0.25) is 11.6 Å². The largest absolute Gasteiger partial charge is 0.805 e. The maximum atomic E-state index is 12.8. The Bertz CT molecular complexity index is 1140. The van der Waals surface area contributed by atoms with Crippen LogP contribution in [0.5, 0.6) is 0 Å². The van der Waals surface area contributed by atoms with Crippen LogP contribution in [0.2, 0.25) is 0 Å². The molecule has 4 aliphatic carbocycles. The summed E-state index contributed by atoms with van der Waals surface area (Å²) in [6.45, 7) is 1.36. The summed E-state index contributed by atoms with van der Waals surface area (Å²) in [5, 5.41) is 15.4. The minimum Gasteiger partial charge on any atom is -0.805 e. The number of ketones is 2. The predicted molar refractivity (Wildman–Crippen MR) is 112 cm³/mol. The van der Waals surface area contributed by atoms with Crippen LogP contribution in [0.15, 0.2) is 24.3 Å². The topological polar surface area (TPSA) is 114 Å². The standard InChI is InChI=1S/C23H25N3O5/c1-12-22(26(31)18-5-3-2-4-17(18)25(12)30)19(27)11-20(28)23(29)24-21-15-7-13-6-14(9-15)10-16(21)8-13/h2-5,13-16,21H,6-11H2,1H3,(H,24,29). The first-order valence-corrected chi connectivity index (χ1v) is 10.9. The highest BCUT2D eigenvalue weighted by Gasteiger charge is 2.49. The fourth-order valence-corrected chi connectivity index (χ4v) is 6.37. The van der Waals surface area contributed by atoms with Gasteiger partial charge in [0.1, 0.15) is 5.52 Å². The first-order valence-electron chi connectivity index (χ1n) is 10.9. The molecule has 31 heavy (non-hydrogen) atoms. The highest BCUT2D eigenvalue weighted by molar-refractivity contribution is 6.40. The zero-order chi connectivity index (χ0) is 21.9. The predicted octanol–water partition coefficient (Wildman–Crippen LogP) is 2.29. The van der Waals surface area contributed by atoms with E-state index in [-0.39, 0.29) is 22.8 Å². The van der Waals surface area contributed by atoms with E-state index in [1.807, 2.05) is 0 Å². The molecule has 8 heteroatoms. The number of para-hydroxylation sites is 2. The summed E-state index contributed by atoms with van der Waals surface area (Å²) in [4.78, 5) is 50.6. The summed E-state index contributed by atoms with van der Waals surface area (Å²) in [6, 6.07) is 6.13. The summed E-state index contributed by atoms with van der Waals surface area (Å²) >= 11 is 0. The lowest BCUT2D eigenvalue weighted by Gasteiger charge is -2.54. The molecule has 1 heterocycles. The van der Waals surface area contributed by atoms with Gasteiger partial charge in [-0.2, -0.15) is 0 Å². The van der Waals surface area contributed by atoms with Crippen molar-refractivity contribution in [3.8, 4) is 0 Å². The number of aromatic nitrogens is 2. The molecule has 2 aromatic rings. The van der Waals surface area contributed by atoms with Crippen LogP contribution < -0.4 is 9.74 Å². The summed E-state index contributed by atoms with van der Waals surface area (Å²) in [7, 11) is 0. The monoisotopic (exact) mass is 423 g/mol. The molecule has 0 atom stereocenters. The number of carbonyl (C=O) groups excluding carboxylic acids is 3. The van der Waals surface area contributed by atoms with E-state index in [1.54, 1.807) is 12.1 Å². The summed E-state index contributed by atoms with van der Waals surface area (Å²) in [5.74, 6) is -0.150. The third-order valence-electron chi connectivity index (χ3n) is 7.53. The van der Waals surface area contributed by atoms with Crippen molar-refractivity contribution in [3.05, 3.63) is 45.8 Å². The molecule has 4 aliphatic rings. The van der Waals surface area contributed by atoms with Gasteiger partial charge in [0.15, 0.2) is 0 Å². The Hall–Kier alpha value is -3.03. The molecular formula is C23H25N3O5. The fourth-order valence-electron chi connectivity index (χ4n) is 6.37. The Morgan fingerprint density at radius 2 is 1.68 bits per heavy atom. The van der Waals surface area contributed by atoms with E-state index >= 15 is 0 Å². The van der Waals surface area contributed by atoms with Gasteiger partial charge in [-0.05, 0) is 68.8 Å². The number of fused-ring (bicyclic) bond motifs is 1. The van der Waals surface area contributed by atoms with Crippen LogP contribution in [0.25, 0.3) is 11.0 Å². The second-order valence-electron chi connectivity index (χ2n) is 9.46. The van der Waals surface area contributed by atoms with Crippen molar-refractivity contribution in [2.24, 2.45) is 23.7 Å². The molecule has 1 N–H and O–H groups in total. The van der Waals surface area contributed by atoms with Gasteiger partial charge < -0.3 is 15.3 Å². The van der Waals surface area contributed by atoms with Gasteiger partial charge in [0, 0.05) is 17.0 Å². The minimum atomic E-state index is -0.871. The fraction of sp³-hybridized carbons (Fsp3) is 0.522. The lowest BCUT2D eigenvalue weighted by molar-refractivity contribution is -0.468. The molecule has 4 fully saturated rings. The Labute approximate surface area is 178 Å². The number of hydrogen-bond acceptors (Lipinski definition) is 5. The Balaban J connectivity index is 1.32. The van der Waals surface area contributed by atoms with E-state index in [9.17, 15) is 24.5 Å². The average Bonchev–Trinajstić information content (AvgIpc) is 2.74. The SMILES string of the molecule is Cc1c(C(=O)CC(=O)C(=O)NC2C3CC4CC(C3)CC2C4)[n+](=O)c2ccccc2n1[O-]. The van der Waals surface area contributed by atoms with Crippen molar-refractivity contribution in [3.63, 3.8) is 0 Å². The zero-order valence-corrected chi connectivity index (χ0v) is 17.4. The molecule has 6 rings (SSSR count). The molecule has 0 unspecified atom stereocenters. The number of carbonyl (C=O) groups is 3. The van der Waals surface area contributed by atoms with Crippen molar-refractivity contribution < 1.29 is 18.8 Å². The van der Waals surface area contributed by atoms with E-state index in [1.165, 1.54) is 25.5 Å². The third-order valence-corrected chi connectivity index (χ3v) is 7.53. The number of benzene rings is 1. The lowest BCUT2D eigenvalue weighted by atomic mass is 9.54. The van der Waals surface area contributed by atoms with Crippen LogP contribution in [0.3, 0.4) is 0 Å². The maximum Gasteiger partial charge on any atom is 0.325 e. The molecule has 162 valence electrons. The second kappa shape index (κ2) is 7.28. The highest BCUT2D eigenvalue weighted by Crippen LogP contribution is 2.53. The number of rotatable bonds is 5. The van der Waals surface area contributed by atoms with Gasteiger partial charge in [0.05, 0.1) is 16.5 Å². The first kappa shape index (κ1) is 19.9. The number of Topliss-reactive ketones (excluding diaryl/α,β-unsaturated/α-hetero) is 2. The van der Waals surface area contributed by atoms with Crippen LogP contribution in [-0.2, 0) is 9.59 Å². The van der Waals surface area contributed by atoms with Crippen LogP contribution in [-0.4, -0.2) is 28.2 Å². The number of nitrogens with zero attached hydrogens (tertiary/aromatic N) is 2. The van der Waals surface area contributed by atoms with E-state index in [2.05, 4.69) is 5.32 Å². The van der Waals surface area contributed by atoms with E-state index in [4.69, 9.17) is 0 Å². The smallest absolute Gasteiger partial charge is 0.325 e. The van der Waals surface area contributed by atoms with Crippen molar-refractivity contribution in [1.29, 1.82) is 0 Å². The van der Waals surface area contributed by atoms with Gasteiger partial charge in [0.25, 0.3) is 11.4 Å². The van der Waals surface area contributed by atoms with Crippen LogP contribution in [0.1, 0.15) is 54.7 Å². The summed E-state index contributed by atoms with van der Waals surface area (Å²) in [6.07, 6.45) is 4.95.